The smallest absolute Gasteiger partial charge is 0.305 e. The molecule has 72 heavy (non-hydrogen) atoms. The van der Waals surface area contributed by atoms with Crippen LogP contribution in [-0.4, -0.2) is 47.4 Å². The first-order valence-electron chi connectivity index (χ1n) is 31.9. The molecule has 0 spiro atoms. The van der Waals surface area contributed by atoms with Gasteiger partial charge in [-0.25, -0.2) is 0 Å². The summed E-state index contributed by atoms with van der Waals surface area (Å²) in [6.45, 7) is 4.86. The molecule has 0 aromatic heterocycles. The lowest BCUT2D eigenvalue weighted by atomic mass is 10.0. The molecule has 0 rings (SSSR count). The van der Waals surface area contributed by atoms with E-state index in [4.69, 9.17) is 4.74 Å². The van der Waals surface area contributed by atoms with Gasteiger partial charge in [0.15, 0.2) is 0 Å². The number of carbonyl (C=O) groups is 2. The molecule has 0 heterocycles. The number of aliphatic hydroxyl groups excluding tert-OH is 2. The number of amides is 1. The third-order valence-corrected chi connectivity index (χ3v) is 14.6. The summed E-state index contributed by atoms with van der Waals surface area (Å²) in [5.74, 6) is -0.0991. The minimum atomic E-state index is -0.854. The highest BCUT2D eigenvalue weighted by Crippen LogP contribution is 2.17. The van der Waals surface area contributed by atoms with Gasteiger partial charge in [-0.2, -0.15) is 0 Å². The molecule has 1 amide bonds. The third-order valence-electron chi connectivity index (χ3n) is 14.6. The van der Waals surface area contributed by atoms with Gasteiger partial charge in [0.05, 0.1) is 25.4 Å². The monoisotopic (exact) mass is 1010 g/mol. The lowest BCUT2D eigenvalue weighted by molar-refractivity contribution is -0.143. The number of hydrogen-bond acceptors (Lipinski definition) is 5. The van der Waals surface area contributed by atoms with Gasteiger partial charge in [0.2, 0.25) is 5.91 Å². The SMILES string of the molecule is CCCCCC/C=C\CCCCCCCC(=O)OCCCCC/C=C\C=C/CCCCCCCCCCCCC(=O)NC(CO)C(O)/C=C/CCCCCCCCCCCCCCCCCCCCCCC. The van der Waals surface area contributed by atoms with Crippen LogP contribution >= 0.6 is 0 Å². The number of allylic oxidation sites excluding steroid dienone is 7. The Balaban J connectivity index is 3.51. The van der Waals surface area contributed by atoms with Crippen LogP contribution in [0.4, 0.5) is 0 Å². The number of carbonyl (C=O) groups excluding carboxylic acids is 2. The Morgan fingerprint density at radius 3 is 1.08 bits per heavy atom. The Kier molecular flexibility index (Phi) is 59.5. The van der Waals surface area contributed by atoms with Crippen LogP contribution < -0.4 is 5.32 Å². The summed E-state index contributed by atoms with van der Waals surface area (Å²) < 4.78 is 5.44. The highest BCUT2D eigenvalue weighted by molar-refractivity contribution is 5.76. The van der Waals surface area contributed by atoms with Gasteiger partial charge < -0.3 is 20.3 Å². The van der Waals surface area contributed by atoms with Crippen molar-refractivity contribution < 1.29 is 24.5 Å². The first-order chi connectivity index (χ1) is 35.5. The predicted octanol–water partition coefficient (Wildman–Crippen LogP) is 20.1. The second-order valence-electron chi connectivity index (χ2n) is 21.8. The van der Waals surface area contributed by atoms with Crippen molar-refractivity contribution >= 4 is 11.9 Å². The van der Waals surface area contributed by atoms with Crippen molar-refractivity contribution in [2.24, 2.45) is 0 Å². The maximum Gasteiger partial charge on any atom is 0.305 e. The fourth-order valence-corrected chi connectivity index (χ4v) is 9.68. The molecule has 0 saturated carbocycles. The molecular formula is C66H123NO5. The summed E-state index contributed by atoms with van der Waals surface area (Å²) in [7, 11) is 0. The largest absolute Gasteiger partial charge is 0.466 e. The van der Waals surface area contributed by atoms with E-state index in [2.05, 4.69) is 55.6 Å². The van der Waals surface area contributed by atoms with Crippen molar-refractivity contribution in [3.8, 4) is 0 Å². The van der Waals surface area contributed by atoms with Crippen LogP contribution in [0.15, 0.2) is 48.6 Å². The molecular weight excluding hydrogens is 887 g/mol. The topological polar surface area (TPSA) is 95.9 Å². The Labute approximate surface area is 448 Å². The zero-order valence-electron chi connectivity index (χ0n) is 48.2. The van der Waals surface area contributed by atoms with Gasteiger partial charge in [-0.3, -0.25) is 9.59 Å². The van der Waals surface area contributed by atoms with Crippen molar-refractivity contribution in [3.63, 3.8) is 0 Å². The number of aliphatic hydroxyl groups is 2. The highest BCUT2D eigenvalue weighted by atomic mass is 16.5. The molecule has 0 aliphatic heterocycles. The maximum absolute atomic E-state index is 12.5. The summed E-state index contributed by atoms with van der Waals surface area (Å²) in [6, 6.07) is -0.638. The van der Waals surface area contributed by atoms with Crippen LogP contribution in [0, 0.1) is 0 Å². The fraction of sp³-hybridized carbons (Fsp3) is 0.848. The summed E-state index contributed by atoms with van der Waals surface area (Å²) >= 11 is 0. The van der Waals surface area contributed by atoms with Crippen LogP contribution in [0.1, 0.15) is 335 Å². The van der Waals surface area contributed by atoms with E-state index in [-0.39, 0.29) is 18.5 Å². The van der Waals surface area contributed by atoms with Crippen molar-refractivity contribution in [1.29, 1.82) is 0 Å². The van der Waals surface area contributed by atoms with Gasteiger partial charge in [0.1, 0.15) is 0 Å². The first-order valence-corrected chi connectivity index (χ1v) is 31.9. The second kappa shape index (κ2) is 61.4. The minimum absolute atomic E-state index is 0.0234. The van der Waals surface area contributed by atoms with Crippen LogP contribution in [-0.2, 0) is 14.3 Å². The van der Waals surface area contributed by atoms with Gasteiger partial charge in [-0.05, 0) is 89.9 Å². The molecule has 0 aromatic carbocycles. The van der Waals surface area contributed by atoms with Gasteiger partial charge in [0.25, 0.3) is 0 Å². The molecule has 2 unspecified atom stereocenters. The molecule has 2 atom stereocenters. The minimum Gasteiger partial charge on any atom is -0.466 e. The van der Waals surface area contributed by atoms with Gasteiger partial charge in [-0.15, -0.1) is 0 Å². The quantitative estimate of drug-likeness (QED) is 0.0244. The number of nitrogens with one attached hydrogen (secondary N) is 1. The van der Waals surface area contributed by atoms with E-state index in [9.17, 15) is 19.8 Å². The molecule has 0 aromatic rings. The zero-order chi connectivity index (χ0) is 52.2. The molecule has 6 heteroatoms. The second-order valence-corrected chi connectivity index (χ2v) is 21.8. The van der Waals surface area contributed by atoms with E-state index in [0.717, 1.165) is 77.0 Å². The standard InChI is InChI=1S/C66H123NO5/c1-3-5-7-9-11-13-15-17-18-19-20-21-22-23-25-28-31-35-38-42-46-50-54-58-64(69)63(62-68)67-65(70)59-55-51-47-43-39-36-32-29-26-24-27-30-33-37-41-45-49-53-57-61-72-66(71)60-56-52-48-44-40-34-16-14-12-10-8-6-4-2/h14,16,30,33,37,41,54,58,63-64,68-69H,3-13,15,17-29,31-32,34-36,38-40,42-53,55-57,59-62H2,1-2H3,(H,67,70)/b16-14-,33-30-,41-37-,58-54+. The van der Waals surface area contributed by atoms with Crippen molar-refractivity contribution in [2.45, 2.75) is 347 Å². The van der Waals surface area contributed by atoms with E-state index < -0.39 is 12.1 Å². The van der Waals surface area contributed by atoms with E-state index in [1.165, 1.54) is 231 Å². The zero-order valence-corrected chi connectivity index (χ0v) is 48.2. The molecule has 0 saturated heterocycles. The summed E-state index contributed by atoms with van der Waals surface area (Å²) in [5.41, 5.74) is 0. The number of esters is 1. The van der Waals surface area contributed by atoms with Gasteiger partial charge >= 0.3 is 5.97 Å². The molecule has 0 bridgehead atoms. The Morgan fingerprint density at radius 1 is 0.389 bits per heavy atom. The molecule has 0 aliphatic carbocycles. The lowest BCUT2D eigenvalue weighted by Crippen LogP contribution is -2.45. The highest BCUT2D eigenvalue weighted by Gasteiger charge is 2.18. The molecule has 0 aliphatic rings. The molecule has 422 valence electrons. The summed E-state index contributed by atoms with van der Waals surface area (Å²) in [5, 5.41) is 23.2. The molecule has 0 radical (unpaired) electrons. The third kappa shape index (κ3) is 57.1. The Hall–Kier alpha value is -2.18. The fourth-order valence-electron chi connectivity index (χ4n) is 9.68. The van der Waals surface area contributed by atoms with Crippen molar-refractivity contribution in [3.05, 3.63) is 48.6 Å². The van der Waals surface area contributed by atoms with Gasteiger partial charge in [-0.1, -0.05) is 281 Å². The average molecular weight is 1010 g/mol. The number of rotatable bonds is 59. The van der Waals surface area contributed by atoms with E-state index in [1.807, 2.05) is 6.08 Å². The van der Waals surface area contributed by atoms with E-state index in [0.29, 0.717) is 19.4 Å². The average Bonchev–Trinajstić information content (AvgIpc) is 3.38. The number of ether oxygens (including phenoxy) is 1. The first kappa shape index (κ1) is 69.8. The summed E-state index contributed by atoms with van der Waals surface area (Å²) in [4.78, 5) is 24.5. The molecule has 3 N–H and O–H groups in total. The van der Waals surface area contributed by atoms with Crippen LogP contribution in [0.5, 0.6) is 0 Å². The van der Waals surface area contributed by atoms with Crippen molar-refractivity contribution in [2.75, 3.05) is 13.2 Å². The summed E-state index contributed by atoms with van der Waals surface area (Å²) in [6.07, 6.45) is 78.7. The normalized spacial score (nSPS) is 12.9. The maximum atomic E-state index is 12.5. The predicted molar refractivity (Wildman–Crippen MR) is 315 cm³/mol. The Morgan fingerprint density at radius 2 is 0.694 bits per heavy atom. The van der Waals surface area contributed by atoms with Gasteiger partial charge in [0, 0.05) is 12.8 Å². The lowest BCUT2D eigenvalue weighted by Gasteiger charge is -2.20. The van der Waals surface area contributed by atoms with Crippen molar-refractivity contribution in [1.82, 2.24) is 5.32 Å². The Bertz CT molecular complexity index is 1210. The number of hydrogen-bond donors (Lipinski definition) is 3. The van der Waals surface area contributed by atoms with Crippen LogP contribution in [0.2, 0.25) is 0 Å². The van der Waals surface area contributed by atoms with E-state index >= 15 is 0 Å². The number of unbranched alkanes of at least 4 members (excludes halogenated alkanes) is 43. The molecule has 0 fully saturated rings. The van der Waals surface area contributed by atoms with Crippen LogP contribution in [0.3, 0.4) is 0 Å². The molecule has 6 nitrogen and oxygen atoms in total. The van der Waals surface area contributed by atoms with Crippen LogP contribution in [0.25, 0.3) is 0 Å². The van der Waals surface area contributed by atoms with E-state index in [1.54, 1.807) is 6.08 Å².